The van der Waals surface area contributed by atoms with Crippen molar-refractivity contribution in [3.63, 3.8) is 0 Å². The summed E-state index contributed by atoms with van der Waals surface area (Å²) in [7, 11) is 0. The molecule has 1 aliphatic heterocycles. The third-order valence-corrected chi connectivity index (χ3v) is 1.60. The van der Waals surface area contributed by atoms with Gasteiger partial charge in [-0.05, 0) is 32.8 Å². The lowest BCUT2D eigenvalue weighted by Gasteiger charge is -2.06. The molecule has 0 saturated heterocycles. The van der Waals surface area contributed by atoms with Gasteiger partial charge in [-0.15, -0.1) is 0 Å². The van der Waals surface area contributed by atoms with Crippen LogP contribution in [0.5, 0.6) is 0 Å². The molecule has 0 fully saturated rings. The molecule has 0 aromatic carbocycles. The Balaban J connectivity index is 2.70. The maximum Gasteiger partial charge on any atom is 0.335 e. The van der Waals surface area contributed by atoms with E-state index in [0.29, 0.717) is 5.76 Å². The summed E-state index contributed by atoms with van der Waals surface area (Å²) in [6.07, 6.45) is 5.40. The fourth-order valence-electron chi connectivity index (χ4n) is 1.01. The van der Waals surface area contributed by atoms with Crippen LogP contribution in [0, 0.1) is 0 Å². The summed E-state index contributed by atoms with van der Waals surface area (Å²) in [5.41, 5.74) is 1.08. The van der Waals surface area contributed by atoms with E-state index in [1.807, 2.05) is 13.0 Å². The molecule has 0 amide bonds. The average molecular weight is 152 g/mol. The van der Waals surface area contributed by atoms with Crippen LogP contribution in [-0.4, -0.2) is 5.97 Å². The van der Waals surface area contributed by atoms with Gasteiger partial charge in [-0.25, -0.2) is 4.79 Å². The van der Waals surface area contributed by atoms with Gasteiger partial charge in [-0.1, -0.05) is 5.57 Å². The SMILES string of the molecule is C/C1=C\C(=O)O/C(C)=C/CC1. The molecule has 0 N–H and O–H groups in total. The highest BCUT2D eigenvalue weighted by atomic mass is 16.5. The van der Waals surface area contributed by atoms with E-state index in [-0.39, 0.29) is 5.97 Å². The number of rotatable bonds is 0. The van der Waals surface area contributed by atoms with Gasteiger partial charge in [0.1, 0.15) is 5.76 Å². The molecule has 0 atom stereocenters. The third-order valence-electron chi connectivity index (χ3n) is 1.60. The second kappa shape index (κ2) is 3.37. The van der Waals surface area contributed by atoms with Gasteiger partial charge < -0.3 is 4.74 Å². The lowest BCUT2D eigenvalue weighted by Crippen LogP contribution is -2.01. The van der Waals surface area contributed by atoms with E-state index in [9.17, 15) is 4.79 Å². The van der Waals surface area contributed by atoms with Crippen LogP contribution in [0.15, 0.2) is 23.5 Å². The zero-order valence-electron chi connectivity index (χ0n) is 6.89. The molecular formula is C9H12O2. The van der Waals surface area contributed by atoms with Crippen molar-refractivity contribution >= 4 is 5.97 Å². The minimum absolute atomic E-state index is 0.254. The Kier molecular flexibility index (Phi) is 2.47. The maximum absolute atomic E-state index is 10.9. The van der Waals surface area contributed by atoms with E-state index in [4.69, 9.17) is 4.74 Å². The number of ether oxygens (including phenoxy) is 1. The Bertz CT molecular complexity index is 224. The number of hydrogen-bond acceptors (Lipinski definition) is 2. The monoisotopic (exact) mass is 152 g/mol. The summed E-state index contributed by atoms with van der Waals surface area (Å²) in [5.74, 6) is 0.453. The molecule has 0 aromatic rings. The second-order valence-electron chi connectivity index (χ2n) is 2.77. The number of allylic oxidation sites excluding steroid dienone is 3. The molecule has 1 heterocycles. The van der Waals surface area contributed by atoms with E-state index in [0.717, 1.165) is 18.4 Å². The molecule has 1 rings (SSSR count). The molecule has 0 bridgehead atoms. The van der Waals surface area contributed by atoms with Gasteiger partial charge in [0.05, 0.1) is 0 Å². The Morgan fingerprint density at radius 2 is 2.18 bits per heavy atom. The van der Waals surface area contributed by atoms with E-state index in [1.54, 1.807) is 13.0 Å². The van der Waals surface area contributed by atoms with E-state index in [1.165, 1.54) is 0 Å². The third kappa shape index (κ3) is 2.58. The first-order chi connectivity index (χ1) is 5.18. The first-order valence-electron chi connectivity index (χ1n) is 3.74. The molecule has 0 aliphatic carbocycles. The van der Waals surface area contributed by atoms with Crippen molar-refractivity contribution < 1.29 is 9.53 Å². The van der Waals surface area contributed by atoms with Crippen LogP contribution >= 0.6 is 0 Å². The van der Waals surface area contributed by atoms with E-state index in [2.05, 4.69) is 0 Å². The summed E-state index contributed by atoms with van der Waals surface area (Å²) >= 11 is 0. The zero-order valence-corrected chi connectivity index (χ0v) is 6.89. The van der Waals surface area contributed by atoms with Crippen LogP contribution in [0.4, 0.5) is 0 Å². The van der Waals surface area contributed by atoms with Crippen molar-refractivity contribution in [1.82, 2.24) is 0 Å². The number of carbonyl (C=O) groups excluding carboxylic acids is 1. The molecule has 0 saturated carbocycles. The normalized spacial score (nSPS) is 28.7. The Morgan fingerprint density at radius 3 is 2.91 bits per heavy atom. The predicted molar refractivity (Wildman–Crippen MR) is 42.8 cm³/mol. The number of hydrogen-bond donors (Lipinski definition) is 0. The predicted octanol–water partition coefficient (Wildman–Crippen LogP) is 2.17. The molecule has 1 aliphatic rings. The fourth-order valence-corrected chi connectivity index (χ4v) is 1.01. The van der Waals surface area contributed by atoms with Gasteiger partial charge in [0.2, 0.25) is 0 Å². The highest BCUT2D eigenvalue weighted by Crippen LogP contribution is 2.11. The number of carbonyl (C=O) groups is 1. The van der Waals surface area contributed by atoms with Crippen LogP contribution in [-0.2, 0) is 9.53 Å². The van der Waals surface area contributed by atoms with Gasteiger partial charge in [0.15, 0.2) is 0 Å². The minimum atomic E-state index is -0.254. The van der Waals surface area contributed by atoms with Crippen molar-refractivity contribution in [2.45, 2.75) is 26.7 Å². The van der Waals surface area contributed by atoms with Gasteiger partial charge >= 0.3 is 5.97 Å². The van der Waals surface area contributed by atoms with Crippen LogP contribution in [0.3, 0.4) is 0 Å². The first kappa shape index (κ1) is 8.05. The molecule has 60 valence electrons. The van der Waals surface area contributed by atoms with Gasteiger partial charge in [-0.2, -0.15) is 0 Å². The van der Waals surface area contributed by atoms with Crippen LogP contribution in [0.2, 0.25) is 0 Å². The topological polar surface area (TPSA) is 26.3 Å². The van der Waals surface area contributed by atoms with Gasteiger partial charge in [0, 0.05) is 6.08 Å². The Labute approximate surface area is 66.5 Å². The van der Waals surface area contributed by atoms with Crippen LogP contribution in [0.1, 0.15) is 26.7 Å². The average Bonchev–Trinajstić information content (AvgIpc) is 1.83. The fraction of sp³-hybridized carbons (Fsp3) is 0.444. The second-order valence-corrected chi connectivity index (χ2v) is 2.77. The lowest BCUT2D eigenvalue weighted by atomic mass is 10.1. The highest BCUT2D eigenvalue weighted by Gasteiger charge is 2.03. The maximum atomic E-state index is 10.9. The van der Waals surface area contributed by atoms with E-state index >= 15 is 0 Å². The summed E-state index contributed by atoms with van der Waals surface area (Å²) in [5, 5.41) is 0. The summed E-state index contributed by atoms with van der Waals surface area (Å²) in [6, 6.07) is 0. The minimum Gasteiger partial charge on any atom is -0.429 e. The zero-order chi connectivity index (χ0) is 8.27. The molecule has 0 aromatic heterocycles. The molecule has 2 nitrogen and oxygen atoms in total. The largest absolute Gasteiger partial charge is 0.429 e. The summed E-state index contributed by atoms with van der Waals surface area (Å²) in [6.45, 7) is 3.74. The Hall–Kier alpha value is -1.05. The van der Waals surface area contributed by atoms with E-state index < -0.39 is 0 Å². The smallest absolute Gasteiger partial charge is 0.335 e. The van der Waals surface area contributed by atoms with Crippen molar-refractivity contribution in [3.05, 3.63) is 23.5 Å². The van der Waals surface area contributed by atoms with Crippen LogP contribution in [0.25, 0.3) is 0 Å². The summed E-state index contributed by atoms with van der Waals surface area (Å²) in [4.78, 5) is 10.9. The molecule has 0 unspecified atom stereocenters. The standard InChI is InChI=1S/C9H12O2/c1-7-4-3-5-8(2)11-9(10)6-7/h5-6H,3-4H2,1-2H3/b7-6+,8-5+. The number of cyclic esters (lactones) is 1. The lowest BCUT2D eigenvalue weighted by molar-refractivity contribution is -0.133. The molecule has 0 radical (unpaired) electrons. The van der Waals surface area contributed by atoms with Crippen molar-refractivity contribution in [2.24, 2.45) is 0 Å². The quantitative estimate of drug-likeness (QED) is 0.497. The Morgan fingerprint density at radius 1 is 1.45 bits per heavy atom. The van der Waals surface area contributed by atoms with Gasteiger partial charge in [-0.3, -0.25) is 0 Å². The molecule has 2 heteroatoms. The molecular weight excluding hydrogens is 140 g/mol. The highest BCUT2D eigenvalue weighted by molar-refractivity contribution is 5.83. The van der Waals surface area contributed by atoms with Crippen molar-refractivity contribution in [3.8, 4) is 0 Å². The molecule has 0 spiro atoms. The molecule has 11 heavy (non-hydrogen) atoms. The first-order valence-corrected chi connectivity index (χ1v) is 3.74. The van der Waals surface area contributed by atoms with Crippen LogP contribution < -0.4 is 0 Å². The van der Waals surface area contributed by atoms with Crippen molar-refractivity contribution in [1.29, 1.82) is 0 Å². The van der Waals surface area contributed by atoms with Gasteiger partial charge in [0.25, 0.3) is 0 Å². The van der Waals surface area contributed by atoms with Crippen molar-refractivity contribution in [2.75, 3.05) is 0 Å². The summed E-state index contributed by atoms with van der Waals surface area (Å²) < 4.78 is 4.91. The number of esters is 1.